The molecule has 2 amide bonds. The summed E-state index contributed by atoms with van der Waals surface area (Å²) in [5.74, 6) is 0.988. The van der Waals surface area contributed by atoms with Crippen LogP contribution in [0.5, 0.6) is 11.5 Å². The highest BCUT2D eigenvalue weighted by atomic mass is 16.5. The summed E-state index contributed by atoms with van der Waals surface area (Å²) in [6.07, 6.45) is 5.98. The van der Waals surface area contributed by atoms with Crippen LogP contribution in [0.3, 0.4) is 0 Å². The number of methoxy groups -OCH3 is 2. The van der Waals surface area contributed by atoms with Crippen molar-refractivity contribution in [3.63, 3.8) is 0 Å². The van der Waals surface area contributed by atoms with Crippen molar-refractivity contribution in [1.82, 2.24) is 0 Å². The normalized spacial score (nSPS) is 11.2. The van der Waals surface area contributed by atoms with Crippen LogP contribution in [0.2, 0.25) is 0 Å². The third-order valence-corrected chi connectivity index (χ3v) is 4.09. The lowest BCUT2D eigenvalue weighted by atomic mass is 10.1. The minimum absolute atomic E-state index is 0.167. The molecule has 0 radical (unpaired) electrons. The van der Waals surface area contributed by atoms with E-state index in [2.05, 4.69) is 10.6 Å². The minimum Gasteiger partial charge on any atom is -0.497 e. The fourth-order valence-electron chi connectivity index (χ4n) is 2.65. The molecule has 2 N–H and O–H groups in total. The third-order valence-electron chi connectivity index (χ3n) is 4.09. The van der Waals surface area contributed by atoms with E-state index in [1.807, 2.05) is 31.2 Å². The van der Waals surface area contributed by atoms with Crippen LogP contribution in [-0.4, -0.2) is 26.0 Å². The van der Waals surface area contributed by atoms with Gasteiger partial charge in [-0.25, -0.2) is 0 Å². The Bertz CT molecular complexity index is 932. The molecule has 6 heteroatoms. The highest BCUT2D eigenvalue weighted by molar-refractivity contribution is 6.00. The summed E-state index contributed by atoms with van der Waals surface area (Å²) in [6, 6.07) is 12.6. The maximum absolute atomic E-state index is 12.3. The van der Waals surface area contributed by atoms with Crippen LogP contribution in [0.15, 0.2) is 60.2 Å². The zero-order valence-electron chi connectivity index (χ0n) is 17.1. The number of rotatable bonds is 8. The molecule has 0 saturated carbocycles. The predicted octanol–water partition coefficient (Wildman–Crippen LogP) is 4.65. The maximum Gasteiger partial charge on any atom is 0.248 e. The Morgan fingerprint density at radius 1 is 0.966 bits per heavy atom. The van der Waals surface area contributed by atoms with Gasteiger partial charge in [0.25, 0.3) is 0 Å². The number of allylic oxidation sites excluding steroid dienone is 2. The van der Waals surface area contributed by atoms with E-state index in [1.165, 1.54) is 13.0 Å². The first-order valence-electron chi connectivity index (χ1n) is 9.24. The third kappa shape index (κ3) is 6.84. The molecule has 2 aromatic rings. The topological polar surface area (TPSA) is 76.7 Å². The number of hydrogen-bond donors (Lipinski definition) is 2. The lowest BCUT2D eigenvalue weighted by molar-refractivity contribution is -0.114. The predicted molar refractivity (Wildman–Crippen MR) is 116 cm³/mol. The summed E-state index contributed by atoms with van der Waals surface area (Å²) < 4.78 is 10.6. The SMILES string of the molecule is CCC(/C=C/C(=O)Nc1cccc(NC(C)=O)c1)=C\c1ccc(OC)cc1OC. The van der Waals surface area contributed by atoms with Crippen molar-refractivity contribution in [3.8, 4) is 11.5 Å². The molecule has 0 aliphatic rings. The van der Waals surface area contributed by atoms with Gasteiger partial charge in [-0.05, 0) is 48.4 Å². The van der Waals surface area contributed by atoms with Crippen molar-refractivity contribution in [1.29, 1.82) is 0 Å². The van der Waals surface area contributed by atoms with Crippen molar-refractivity contribution in [2.45, 2.75) is 20.3 Å². The first-order chi connectivity index (χ1) is 13.9. The van der Waals surface area contributed by atoms with Gasteiger partial charge in [-0.15, -0.1) is 0 Å². The van der Waals surface area contributed by atoms with Crippen molar-refractivity contribution in [3.05, 3.63) is 65.8 Å². The van der Waals surface area contributed by atoms with E-state index >= 15 is 0 Å². The summed E-state index contributed by atoms with van der Waals surface area (Å²) in [4.78, 5) is 23.4. The van der Waals surface area contributed by atoms with Crippen LogP contribution in [0.4, 0.5) is 11.4 Å². The van der Waals surface area contributed by atoms with E-state index in [1.54, 1.807) is 44.6 Å². The molecule has 0 unspecified atom stereocenters. The first-order valence-corrected chi connectivity index (χ1v) is 9.24. The van der Waals surface area contributed by atoms with Gasteiger partial charge in [-0.1, -0.05) is 19.1 Å². The standard InChI is InChI=1S/C23H26N2O4/c1-5-17(13-18-10-11-21(28-3)15-22(18)29-4)9-12-23(27)25-20-8-6-7-19(14-20)24-16(2)26/h6-15H,5H2,1-4H3,(H,24,26)(H,25,27)/b12-9+,17-13+. The van der Waals surface area contributed by atoms with Crippen molar-refractivity contribution < 1.29 is 19.1 Å². The van der Waals surface area contributed by atoms with E-state index in [4.69, 9.17) is 9.47 Å². The lowest BCUT2D eigenvalue weighted by Gasteiger charge is -2.08. The summed E-state index contributed by atoms with van der Waals surface area (Å²) in [5, 5.41) is 5.48. The molecule has 0 aromatic heterocycles. The van der Waals surface area contributed by atoms with Gasteiger partial charge in [-0.2, -0.15) is 0 Å². The number of benzene rings is 2. The zero-order valence-corrected chi connectivity index (χ0v) is 17.1. The van der Waals surface area contributed by atoms with Gasteiger partial charge in [0.2, 0.25) is 11.8 Å². The molecule has 0 spiro atoms. The van der Waals surface area contributed by atoms with Gasteiger partial charge in [0.1, 0.15) is 11.5 Å². The molecule has 0 heterocycles. The van der Waals surface area contributed by atoms with Crippen molar-refractivity contribution in [2.75, 3.05) is 24.9 Å². The molecule has 2 aromatic carbocycles. The molecular weight excluding hydrogens is 368 g/mol. The van der Waals surface area contributed by atoms with Crippen molar-refractivity contribution >= 4 is 29.3 Å². The molecular formula is C23H26N2O4. The molecule has 29 heavy (non-hydrogen) atoms. The molecule has 6 nitrogen and oxygen atoms in total. The molecule has 0 aliphatic carbocycles. The van der Waals surface area contributed by atoms with Crippen LogP contribution in [0, 0.1) is 0 Å². The van der Waals surface area contributed by atoms with E-state index in [0.29, 0.717) is 22.9 Å². The Labute approximate surface area is 171 Å². The van der Waals surface area contributed by atoms with Crippen LogP contribution in [0.1, 0.15) is 25.8 Å². The van der Waals surface area contributed by atoms with Gasteiger partial charge in [0.15, 0.2) is 0 Å². The van der Waals surface area contributed by atoms with Gasteiger partial charge in [-0.3, -0.25) is 9.59 Å². The Kier molecular flexibility index (Phi) is 8.03. The van der Waals surface area contributed by atoms with Gasteiger partial charge in [0, 0.05) is 36.0 Å². The first kappa shape index (κ1) is 21.8. The number of ether oxygens (including phenoxy) is 2. The van der Waals surface area contributed by atoms with Gasteiger partial charge < -0.3 is 20.1 Å². The number of carbonyl (C=O) groups is 2. The summed E-state index contributed by atoms with van der Waals surface area (Å²) >= 11 is 0. The van der Waals surface area contributed by atoms with E-state index < -0.39 is 0 Å². The molecule has 0 saturated heterocycles. The molecule has 0 fully saturated rings. The van der Waals surface area contributed by atoms with E-state index in [9.17, 15) is 9.59 Å². The number of nitrogens with one attached hydrogen (secondary N) is 2. The van der Waals surface area contributed by atoms with Crippen LogP contribution in [-0.2, 0) is 9.59 Å². The second-order valence-electron chi connectivity index (χ2n) is 6.27. The highest BCUT2D eigenvalue weighted by Crippen LogP contribution is 2.27. The van der Waals surface area contributed by atoms with Gasteiger partial charge >= 0.3 is 0 Å². The fraction of sp³-hybridized carbons (Fsp3) is 0.217. The average Bonchev–Trinajstić information content (AvgIpc) is 2.70. The largest absolute Gasteiger partial charge is 0.497 e. The fourth-order valence-corrected chi connectivity index (χ4v) is 2.65. The number of hydrogen-bond acceptors (Lipinski definition) is 4. The Morgan fingerprint density at radius 2 is 1.69 bits per heavy atom. The van der Waals surface area contributed by atoms with Gasteiger partial charge in [0.05, 0.1) is 14.2 Å². The molecule has 152 valence electrons. The van der Waals surface area contributed by atoms with Crippen molar-refractivity contribution in [2.24, 2.45) is 0 Å². The van der Waals surface area contributed by atoms with Crippen LogP contribution in [0.25, 0.3) is 6.08 Å². The smallest absolute Gasteiger partial charge is 0.248 e. The Balaban J connectivity index is 2.11. The summed E-state index contributed by atoms with van der Waals surface area (Å²) in [5.41, 5.74) is 3.10. The van der Waals surface area contributed by atoms with E-state index in [-0.39, 0.29) is 11.8 Å². The minimum atomic E-state index is -0.258. The molecule has 0 bridgehead atoms. The molecule has 0 atom stereocenters. The van der Waals surface area contributed by atoms with Crippen LogP contribution >= 0.6 is 0 Å². The highest BCUT2D eigenvalue weighted by Gasteiger charge is 2.04. The maximum atomic E-state index is 12.3. The molecule has 0 aliphatic heterocycles. The monoisotopic (exact) mass is 394 g/mol. The number of amides is 2. The second-order valence-corrected chi connectivity index (χ2v) is 6.27. The quantitative estimate of drug-likeness (QED) is 0.505. The number of anilines is 2. The second kappa shape index (κ2) is 10.7. The summed E-state index contributed by atoms with van der Waals surface area (Å²) in [7, 11) is 3.21. The Morgan fingerprint density at radius 3 is 2.31 bits per heavy atom. The van der Waals surface area contributed by atoms with E-state index in [0.717, 1.165) is 17.6 Å². The Hall–Kier alpha value is -3.54. The van der Waals surface area contributed by atoms with Crippen LogP contribution < -0.4 is 20.1 Å². The lowest BCUT2D eigenvalue weighted by Crippen LogP contribution is -2.09. The average molecular weight is 394 g/mol. The molecule has 2 rings (SSSR count). The summed E-state index contributed by atoms with van der Waals surface area (Å²) in [6.45, 7) is 3.45. The number of carbonyl (C=O) groups excluding carboxylic acids is 2. The zero-order chi connectivity index (χ0) is 21.2.